The van der Waals surface area contributed by atoms with Crippen LogP contribution in [0.25, 0.3) is 0 Å². The molecule has 66 valence electrons. The molecule has 0 spiro atoms. The third-order valence-electron chi connectivity index (χ3n) is 1.85. The Labute approximate surface area is 85.3 Å². The van der Waals surface area contributed by atoms with Gasteiger partial charge >= 0.3 is 0 Å². The molecule has 2 rings (SSSR count). The first-order chi connectivity index (χ1) is 6.36. The van der Waals surface area contributed by atoms with Gasteiger partial charge < -0.3 is 0 Å². The van der Waals surface area contributed by atoms with Gasteiger partial charge in [0, 0.05) is 16.9 Å². The van der Waals surface area contributed by atoms with Gasteiger partial charge in [-0.2, -0.15) is 5.10 Å². The van der Waals surface area contributed by atoms with E-state index in [-0.39, 0.29) is 0 Å². The highest BCUT2D eigenvalue weighted by atomic mass is 79.9. The van der Waals surface area contributed by atoms with Crippen molar-refractivity contribution in [1.82, 2.24) is 9.78 Å². The van der Waals surface area contributed by atoms with E-state index >= 15 is 0 Å². The number of halogens is 1. The smallest absolute Gasteiger partial charge is 0.0670 e. The molecule has 3 heteroatoms. The van der Waals surface area contributed by atoms with Crippen LogP contribution in [0.15, 0.2) is 47.2 Å². The summed E-state index contributed by atoms with van der Waals surface area (Å²) < 4.78 is 3.03. The van der Waals surface area contributed by atoms with E-state index in [9.17, 15) is 0 Å². The quantitative estimate of drug-likeness (QED) is 0.785. The van der Waals surface area contributed by atoms with Crippen LogP contribution < -0.4 is 0 Å². The second-order valence-corrected chi connectivity index (χ2v) is 3.65. The molecule has 0 aliphatic rings. The van der Waals surface area contributed by atoms with Crippen molar-refractivity contribution < 1.29 is 0 Å². The van der Waals surface area contributed by atoms with Gasteiger partial charge in [-0.15, -0.1) is 0 Å². The van der Waals surface area contributed by atoms with Crippen molar-refractivity contribution in [2.24, 2.45) is 0 Å². The van der Waals surface area contributed by atoms with Gasteiger partial charge in [-0.3, -0.25) is 4.68 Å². The summed E-state index contributed by atoms with van der Waals surface area (Å²) in [5.41, 5.74) is 1.24. The summed E-state index contributed by atoms with van der Waals surface area (Å²) >= 11 is 3.50. The number of rotatable bonds is 2. The monoisotopic (exact) mass is 236 g/mol. The average molecular weight is 237 g/mol. The molecule has 13 heavy (non-hydrogen) atoms. The molecule has 0 atom stereocenters. The fourth-order valence-electron chi connectivity index (χ4n) is 1.20. The molecule has 2 nitrogen and oxygen atoms in total. The highest BCUT2D eigenvalue weighted by molar-refractivity contribution is 9.10. The highest BCUT2D eigenvalue weighted by Crippen LogP contribution is 2.16. The SMILES string of the molecule is Brc1ccccc1Cn1cccn1. The first kappa shape index (κ1) is 8.51. The van der Waals surface area contributed by atoms with Crippen LogP contribution in [0.5, 0.6) is 0 Å². The number of hydrogen-bond donors (Lipinski definition) is 0. The lowest BCUT2D eigenvalue weighted by atomic mass is 10.2. The van der Waals surface area contributed by atoms with E-state index < -0.39 is 0 Å². The van der Waals surface area contributed by atoms with Crippen LogP contribution in [-0.4, -0.2) is 9.78 Å². The summed E-state index contributed by atoms with van der Waals surface area (Å²) in [6, 6.07) is 10.1. The Balaban J connectivity index is 2.24. The van der Waals surface area contributed by atoms with Crippen molar-refractivity contribution in [2.45, 2.75) is 6.54 Å². The Morgan fingerprint density at radius 3 is 2.77 bits per heavy atom. The average Bonchev–Trinajstić information content (AvgIpc) is 2.61. The molecule has 0 aliphatic heterocycles. The number of hydrogen-bond acceptors (Lipinski definition) is 1. The standard InChI is InChI=1S/C10H9BrN2/c11-10-5-2-1-4-9(10)8-13-7-3-6-12-13/h1-7H,8H2. The number of aromatic nitrogens is 2. The lowest BCUT2D eigenvalue weighted by molar-refractivity contribution is 0.685. The Bertz CT molecular complexity index is 382. The summed E-state index contributed by atoms with van der Waals surface area (Å²) in [6.07, 6.45) is 3.75. The Hall–Kier alpha value is -1.09. The van der Waals surface area contributed by atoms with Gasteiger partial charge in [-0.05, 0) is 17.7 Å². The first-order valence-corrected chi connectivity index (χ1v) is 4.86. The predicted octanol–water partition coefficient (Wildman–Crippen LogP) is 2.69. The summed E-state index contributed by atoms with van der Waals surface area (Å²) in [7, 11) is 0. The summed E-state index contributed by atoms with van der Waals surface area (Å²) in [4.78, 5) is 0. The first-order valence-electron chi connectivity index (χ1n) is 4.07. The van der Waals surface area contributed by atoms with Crippen molar-refractivity contribution in [3.63, 3.8) is 0 Å². The zero-order valence-electron chi connectivity index (χ0n) is 7.02. The summed E-state index contributed by atoms with van der Waals surface area (Å²) in [6.45, 7) is 0.814. The molecule has 1 heterocycles. The van der Waals surface area contributed by atoms with Gasteiger partial charge in [-0.25, -0.2) is 0 Å². The van der Waals surface area contributed by atoms with Gasteiger partial charge in [0.2, 0.25) is 0 Å². The van der Waals surface area contributed by atoms with E-state index in [1.807, 2.05) is 35.1 Å². The van der Waals surface area contributed by atoms with E-state index in [4.69, 9.17) is 0 Å². The molecule has 0 radical (unpaired) electrons. The molecule has 0 bridgehead atoms. The van der Waals surface area contributed by atoms with Crippen LogP contribution in [0.2, 0.25) is 0 Å². The van der Waals surface area contributed by atoms with E-state index in [0.717, 1.165) is 11.0 Å². The van der Waals surface area contributed by atoms with Crippen LogP contribution >= 0.6 is 15.9 Å². The lowest BCUT2D eigenvalue weighted by Gasteiger charge is -2.03. The molecule has 0 saturated heterocycles. The second kappa shape index (κ2) is 3.75. The van der Waals surface area contributed by atoms with Crippen LogP contribution in [0.1, 0.15) is 5.56 Å². The number of nitrogens with zero attached hydrogens (tertiary/aromatic N) is 2. The summed E-state index contributed by atoms with van der Waals surface area (Å²) in [5, 5.41) is 4.15. The maximum Gasteiger partial charge on any atom is 0.0670 e. The highest BCUT2D eigenvalue weighted by Gasteiger charge is 1.98. The van der Waals surface area contributed by atoms with Gasteiger partial charge in [0.1, 0.15) is 0 Å². The van der Waals surface area contributed by atoms with E-state index in [1.165, 1.54) is 5.56 Å². The predicted molar refractivity (Wildman–Crippen MR) is 55.5 cm³/mol. The Morgan fingerprint density at radius 2 is 2.08 bits per heavy atom. The molecular weight excluding hydrogens is 228 g/mol. The zero-order chi connectivity index (χ0) is 9.10. The van der Waals surface area contributed by atoms with E-state index in [2.05, 4.69) is 27.1 Å². The molecule has 0 saturated carbocycles. The maximum absolute atomic E-state index is 4.15. The van der Waals surface area contributed by atoms with Crippen molar-refractivity contribution in [2.75, 3.05) is 0 Å². The topological polar surface area (TPSA) is 17.8 Å². The normalized spacial score (nSPS) is 10.2. The van der Waals surface area contributed by atoms with Gasteiger partial charge in [0.15, 0.2) is 0 Å². The fourth-order valence-corrected chi connectivity index (χ4v) is 1.61. The minimum atomic E-state index is 0.814. The molecule has 2 aromatic rings. The molecule has 0 aliphatic carbocycles. The molecule has 0 amide bonds. The summed E-state index contributed by atoms with van der Waals surface area (Å²) in [5.74, 6) is 0. The van der Waals surface area contributed by atoms with Crippen molar-refractivity contribution in [3.8, 4) is 0 Å². The third-order valence-corrected chi connectivity index (χ3v) is 2.62. The van der Waals surface area contributed by atoms with Crippen LogP contribution in [-0.2, 0) is 6.54 Å². The molecule has 1 aromatic heterocycles. The zero-order valence-corrected chi connectivity index (χ0v) is 8.61. The Kier molecular flexibility index (Phi) is 2.45. The van der Waals surface area contributed by atoms with Crippen LogP contribution in [0, 0.1) is 0 Å². The number of benzene rings is 1. The van der Waals surface area contributed by atoms with Crippen LogP contribution in [0.3, 0.4) is 0 Å². The third kappa shape index (κ3) is 1.98. The van der Waals surface area contributed by atoms with Gasteiger partial charge in [-0.1, -0.05) is 34.1 Å². The molecule has 0 unspecified atom stereocenters. The van der Waals surface area contributed by atoms with Crippen molar-refractivity contribution in [1.29, 1.82) is 0 Å². The molecule has 0 N–H and O–H groups in total. The van der Waals surface area contributed by atoms with Gasteiger partial charge in [0.05, 0.1) is 6.54 Å². The maximum atomic E-state index is 4.15. The lowest BCUT2D eigenvalue weighted by Crippen LogP contribution is -2.00. The fraction of sp³-hybridized carbons (Fsp3) is 0.100. The van der Waals surface area contributed by atoms with Gasteiger partial charge in [0.25, 0.3) is 0 Å². The van der Waals surface area contributed by atoms with Crippen molar-refractivity contribution in [3.05, 3.63) is 52.8 Å². The minimum absolute atomic E-state index is 0.814. The molecular formula is C10H9BrN2. The van der Waals surface area contributed by atoms with Crippen molar-refractivity contribution >= 4 is 15.9 Å². The van der Waals surface area contributed by atoms with E-state index in [0.29, 0.717) is 0 Å². The minimum Gasteiger partial charge on any atom is -0.268 e. The molecule has 0 fully saturated rings. The second-order valence-electron chi connectivity index (χ2n) is 2.80. The largest absolute Gasteiger partial charge is 0.268 e. The van der Waals surface area contributed by atoms with Crippen LogP contribution in [0.4, 0.5) is 0 Å². The molecule has 1 aromatic carbocycles. The van der Waals surface area contributed by atoms with E-state index in [1.54, 1.807) is 6.20 Å². The Morgan fingerprint density at radius 1 is 1.23 bits per heavy atom.